The molecule has 0 aliphatic carbocycles. The number of piperazine rings is 1. The zero-order chi connectivity index (χ0) is 12.2. The molecule has 0 aromatic heterocycles. The first-order chi connectivity index (χ1) is 7.37. The van der Waals surface area contributed by atoms with E-state index in [0.29, 0.717) is 26.2 Å². The molecular weight excluding hydrogens is 219 g/mol. The van der Waals surface area contributed by atoms with Crippen LogP contribution in [0, 0.1) is 0 Å². The second-order valence-electron chi connectivity index (χ2n) is 4.50. The minimum atomic E-state index is -4.08. The minimum Gasteiger partial charge on any atom is -0.328 e. The van der Waals surface area contributed by atoms with Gasteiger partial charge < -0.3 is 10.6 Å². The predicted octanol–water partition coefficient (Wildman–Crippen LogP) is 0.904. The topological polar surface area (TPSA) is 32.5 Å². The van der Waals surface area contributed by atoms with E-state index in [1.165, 1.54) is 4.90 Å². The molecule has 16 heavy (non-hydrogen) atoms. The largest absolute Gasteiger partial charge is 0.401 e. The van der Waals surface area contributed by atoms with Crippen molar-refractivity contribution >= 4 is 0 Å². The highest BCUT2D eigenvalue weighted by Gasteiger charge is 2.31. The fourth-order valence-electron chi connectivity index (χ4n) is 1.81. The van der Waals surface area contributed by atoms with Crippen LogP contribution in [-0.4, -0.2) is 61.3 Å². The molecule has 1 atom stereocenters. The van der Waals surface area contributed by atoms with E-state index < -0.39 is 12.7 Å². The van der Waals surface area contributed by atoms with E-state index in [0.717, 1.165) is 13.0 Å². The van der Waals surface area contributed by atoms with Gasteiger partial charge in [0, 0.05) is 32.2 Å². The highest BCUT2D eigenvalue weighted by Crippen LogP contribution is 2.17. The molecule has 1 aliphatic rings. The van der Waals surface area contributed by atoms with Crippen LogP contribution in [0.4, 0.5) is 13.2 Å². The van der Waals surface area contributed by atoms with E-state index >= 15 is 0 Å². The standard InChI is InChI=1S/C10H20F3N3/c1-9(14)2-3-15-4-6-16(7-5-15)8-10(11,12)13/h9H,2-8,14H2,1H3. The summed E-state index contributed by atoms with van der Waals surface area (Å²) in [6.45, 7) is 4.47. The van der Waals surface area contributed by atoms with Gasteiger partial charge in [-0.1, -0.05) is 0 Å². The monoisotopic (exact) mass is 239 g/mol. The van der Waals surface area contributed by atoms with Gasteiger partial charge in [0.05, 0.1) is 6.54 Å². The lowest BCUT2D eigenvalue weighted by molar-refractivity contribution is -0.149. The molecular formula is C10H20F3N3. The zero-order valence-corrected chi connectivity index (χ0v) is 9.63. The first-order valence-corrected chi connectivity index (χ1v) is 5.64. The van der Waals surface area contributed by atoms with Crippen LogP contribution in [0.15, 0.2) is 0 Å². The van der Waals surface area contributed by atoms with Gasteiger partial charge in [-0.05, 0) is 19.9 Å². The van der Waals surface area contributed by atoms with Gasteiger partial charge in [0.1, 0.15) is 0 Å². The lowest BCUT2D eigenvalue weighted by atomic mass is 10.2. The second-order valence-corrected chi connectivity index (χ2v) is 4.50. The van der Waals surface area contributed by atoms with Gasteiger partial charge in [0.25, 0.3) is 0 Å². The summed E-state index contributed by atoms with van der Waals surface area (Å²) in [6, 6.07) is 0.160. The maximum Gasteiger partial charge on any atom is 0.401 e. The molecule has 0 aromatic rings. The lowest BCUT2D eigenvalue weighted by Gasteiger charge is -2.35. The zero-order valence-electron chi connectivity index (χ0n) is 9.63. The van der Waals surface area contributed by atoms with E-state index in [-0.39, 0.29) is 6.04 Å². The summed E-state index contributed by atoms with van der Waals surface area (Å²) < 4.78 is 36.4. The Kier molecular flexibility index (Phi) is 5.01. The molecule has 1 rings (SSSR count). The van der Waals surface area contributed by atoms with E-state index in [1.54, 1.807) is 0 Å². The molecule has 2 N–H and O–H groups in total. The number of alkyl halides is 3. The van der Waals surface area contributed by atoms with Crippen molar-refractivity contribution in [3.8, 4) is 0 Å². The van der Waals surface area contributed by atoms with Crippen LogP contribution in [0.25, 0.3) is 0 Å². The maximum absolute atomic E-state index is 12.1. The summed E-state index contributed by atoms with van der Waals surface area (Å²) in [5.41, 5.74) is 5.63. The Labute approximate surface area is 94.4 Å². The fourth-order valence-corrected chi connectivity index (χ4v) is 1.81. The summed E-state index contributed by atoms with van der Waals surface area (Å²) in [7, 11) is 0. The number of nitrogens with zero attached hydrogens (tertiary/aromatic N) is 2. The summed E-state index contributed by atoms with van der Waals surface area (Å²) in [5.74, 6) is 0. The number of nitrogens with two attached hydrogens (primary N) is 1. The van der Waals surface area contributed by atoms with E-state index in [2.05, 4.69) is 4.90 Å². The van der Waals surface area contributed by atoms with Gasteiger partial charge in [0.15, 0.2) is 0 Å². The van der Waals surface area contributed by atoms with Gasteiger partial charge in [-0.15, -0.1) is 0 Å². The smallest absolute Gasteiger partial charge is 0.328 e. The van der Waals surface area contributed by atoms with Crippen molar-refractivity contribution in [2.45, 2.75) is 25.6 Å². The second kappa shape index (κ2) is 5.84. The van der Waals surface area contributed by atoms with E-state index in [1.807, 2.05) is 6.92 Å². The third-order valence-corrected chi connectivity index (χ3v) is 2.77. The molecule has 0 radical (unpaired) electrons. The van der Waals surface area contributed by atoms with Crippen molar-refractivity contribution in [3.63, 3.8) is 0 Å². The van der Waals surface area contributed by atoms with Crippen molar-refractivity contribution in [2.75, 3.05) is 39.3 Å². The average molecular weight is 239 g/mol. The van der Waals surface area contributed by atoms with Gasteiger partial charge in [-0.2, -0.15) is 13.2 Å². The van der Waals surface area contributed by atoms with Crippen molar-refractivity contribution in [3.05, 3.63) is 0 Å². The van der Waals surface area contributed by atoms with Crippen molar-refractivity contribution in [2.24, 2.45) is 5.73 Å². The normalized spacial score (nSPS) is 22.3. The van der Waals surface area contributed by atoms with Crippen LogP contribution in [0.1, 0.15) is 13.3 Å². The maximum atomic E-state index is 12.1. The quantitative estimate of drug-likeness (QED) is 0.791. The first-order valence-electron chi connectivity index (χ1n) is 5.64. The third-order valence-electron chi connectivity index (χ3n) is 2.77. The molecule has 1 aliphatic heterocycles. The van der Waals surface area contributed by atoms with Crippen LogP contribution < -0.4 is 5.73 Å². The van der Waals surface area contributed by atoms with E-state index in [4.69, 9.17) is 5.73 Å². The van der Waals surface area contributed by atoms with E-state index in [9.17, 15) is 13.2 Å². The molecule has 0 aromatic carbocycles. The Hall–Kier alpha value is -0.330. The molecule has 0 spiro atoms. The van der Waals surface area contributed by atoms with Crippen molar-refractivity contribution in [1.82, 2.24) is 9.80 Å². The number of halogens is 3. The predicted molar refractivity (Wildman–Crippen MR) is 57.2 cm³/mol. The SMILES string of the molecule is CC(N)CCN1CCN(CC(F)(F)F)CC1. The molecule has 1 unspecified atom stereocenters. The number of hydrogen-bond acceptors (Lipinski definition) is 3. The molecule has 96 valence electrons. The van der Waals surface area contributed by atoms with Crippen molar-refractivity contribution < 1.29 is 13.2 Å². The highest BCUT2D eigenvalue weighted by molar-refractivity contribution is 4.74. The molecule has 1 fully saturated rings. The third kappa shape index (κ3) is 5.67. The Morgan fingerprint density at radius 3 is 2.06 bits per heavy atom. The molecule has 0 amide bonds. The molecule has 6 heteroatoms. The summed E-state index contributed by atoms with van der Waals surface area (Å²) >= 11 is 0. The summed E-state index contributed by atoms with van der Waals surface area (Å²) in [5, 5.41) is 0. The Morgan fingerprint density at radius 2 is 1.62 bits per heavy atom. The summed E-state index contributed by atoms with van der Waals surface area (Å²) in [4.78, 5) is 3.64. The van der Waals surface area contributed by atoms with Crippen LogP contribution in [-0.2, 0) is 0 Å². The Morgan fingerprint density at radius 1 is 1.12 bits per heavy atom. The van der Waals surface area contributed by atoms with Gasteiger partial charge in [0.2, 0.25) is 0 Å². The molecule has 0 bridgehead atoms. The lowest BCUT2D eigenvalue weighted by Crippen LogP contribution is -2.49. The Bertz CT molecular complexity index is 198. The highest BCUT2D eigenvalue weighted by atomic mass is 19.4. The Balaban J connectivity index is 2.18. The molecule has 3 nitrogen and oxygen atoms in total. The van der Waals surface area contributed by atoms with Crippen LogP contribution in [0.3, 0.4) is 0 Å². The average Bonchev–Trinajstić information content (AvgIpc) is 2.14. The van der Waals surface area contributed by atoms with Gasteiger partial charge >= 0.3 is 6.18 Å². The number of rotatable bonds is 4. The first kappa shape index (κ1) is 13.7. The van der Waals surface area contributed by atoms with Crippen molar-refractivity contribution in [1.29, 1.82) is 0 Å². The van der Waals surface area contributed by atoms with Gasteiger partial charge in [-0.3, -0.25) is 4.90 Å². The molecule has 0 saturated carbocycles. The fraction of sp³-hybridized carbons (Fsp3) is 1.00. The van der Waals surface area contributed by atoms with Crippen LogP contribution in [0.5, 0.6) is 0 Å². The van der Waals surface area contributed by atoms with Crippen LogP contribution in [0.2, 0.25) is 0 Å². The molecule has 1 heterocycles. The molecule has 1 saturated heterocycles. The minimum absolute atomic E-state index is 0.160. The summed E-state index contributed by atoms with van der Waals surface area (Å²) in [6.07, 6.45) is -3.17. The van der Waals surface area contributed by atoms with Crippen LogP contribution >= 0.6 is 0 Å². The van der Waals surface area contributed by atoms with Gasteiger partial charge in [-0.25, -0.2) is 0 Å². The number of hydrogen-bond donors (Lipinski definition) is 1.